The highest BCUT2D eigenvalue weighted by atomic mass is 16.5. The molecule has 3 heterocycles. The summed E-state index contributed by atoms with van der Waals surface area (Å²) in [5.41, 5.74) is 3.02. The van der Waals surface area contributed by atoms with Crippen LogP contribution in [0.4, 0.5) is 11.4 Å². The zero-order valence-electron chi connectivity index (χ0n) is 16.1. The van der Waals surface area contributed by atoms with Crippen LogP contribution in [0.25, 0.3) is 0 Å². The lowest BCUT2D eigenvalue weighted by atomic mass is 10.1. The Hall–Kier alpha value is -3.26. The first-order valence-corrected chi connectivity index (χ1v) is 9.69. The van der Waals surface area contributed by atoms with Gasteiger partial charge in [-0.3, -0.25) is 9.78 Å². The number of carbonyl (C=O) groups is 1. The summed E-state index contributed by atoms with van der Waals surface area (Å²) in [5.74, 6) is 0.738. The third kappa shape index (κ3) is 5.39. The molecule has 1 fully saturated rings. The number of anilines is 2. The number of nitrogens with one attached hydrogen (secondary N) is 1. The van der Waals surface area contributed by atoms with Gasteiger partial charge in [-0.2, -0.15) is 4.98 Å². The van der Waals surface area contributed by atoms with E-state index in [1.54, 1.807) is 12.4 Å². The Kier molecular flexibility index (Phi) is 6.11. The Morgan fingerprint density at radius 3 is 2.55 bits per heavy atom. The molecule has 0 saturated carbocycles. The number of aryl methyl sites for hydroxylation is 2. The molecule has 0 spiro atoms. The van der Waals surface area contributed by atoms with Crippen molar-refractivity contribution in [2.24, 2.45) is 0 Å². The van der Waals surface area contributed by atoms with E-state index in [2.05, 4.69) is 25.3 Å². The fraction of sp³-hybridized carbons (Fsp3) is 0.333. The lowest BCUT2D eigenvalue weighted by Crippen LogP contribution is -2.36. The second-order valence-electron chi connectivity index (χ2n) is 6.83. The third-order valence-electron chi connectivity index (χ3n) is 4.73. The van der Waals surface area contributed by atoms with Crippen molar-refractivity contribution in [3.8, 4) is 0 Å². The van der Waals surface area contributed by atoms with Crippen LogP contribution in [0, 0.1) is 0 Å². The van der Waals surface area contributed by atoms with E-state index >= 15 is 0 Å². The number of hydrogen-bond donors (Lipinski definition) is 1. The molecular formula is C21H23N5O3. The summed E-state index contributed by atoms with van der Waals surface area (Å²) in [6.45, 7) is 3.25. The fourth-order valence-electron chi connectivity index (χ4n) is 3.19. The van der Waals surface area contributed by atoms with Gasteiger partial charge in [0.2, 0.25) is 11.8 Å². The van der Waals surface area contributed by atoms with Crippen molar-refractivity contribution in [2.75, 3.05) is 36.5 Å². The number of morpholine rings is 1. The molecule has 4 rings (SSSR count). The van der Waals surface area contributed by atoms with Gasteiger partial charge in [-0.05, 0) is 48.4 Å². The maximum atomic E-state index is 12.3. The minimum atomic E-state index is -0.175. The Morgan fingerprint density at radius 2 is 1.79 bits per heavy atom. The quantitative estimate of drug-likeness (QED) is 0.658. The van der Waals surface area contributed by atoms with Crippen molar-refractivity contribution >= 4 is 17.3 Å². The van der Waals surface area contributed by atoms with E-state index < -0.39 is 0 Å². The fourth-order valence-corrected chi connectivity index (χ4v) is 3.19. The molecule has 0 bridgehead atoms. The van der Waals surface area contributed by atoms with Crippen LogP contribution in [-0.4, -0.2) is 47.3 Å². The van der Waals surface area contributed by atoms with Gasteiger partial charge in [0, 0.05) is 43.3 Å². The minimum absolute atomic E-state index is 0.0734. The van der Waals surface area contributed by atoms with E-state index in [1.807, 2.05) is 36.4 Å². The highest BCUT2D eigenvalue weighted by Gasteiger charge is 2.13. The molecule has 1 aromatic carbocycles. The second-order valence-corrected chi connectivity index (χ2v) is 6.83. The van der Waals surface area contributed by atoms with Gasteiger partial charge in [-0.25, -0.2) is 0 Å². The lowest BCUT2D eigenvalue weighted by molar-refractivity contribution is -0.115. The molecule has 1 N–H and O–H groups in total. The van der Waals surface area contributed by atoms with Crippen LogP contribution in [0.2, 0.25) is 0 Å². The van der Waals surface area contributed by atoms with Crippen molar-refractivity contribution < 1.29 is 14.1 Å². The molecule has 1 saturated heterocycles. The van der Waals surface area contributed by atoms with Gasteiger partial charge in [-0.1, -0.05) is 5.16 Å². The van der Waals surface area contributed by atoms with E-state index in [9.17, 15) is 4.79 Å². The first-order valence-electron chi connectivity index (χ1n) is 9.69. The molecule has 0 aliphatic carbocycles. The Morgan fingerprint density at radius 1 is 1.03 bits per heavy atom. The Labute approximate surface area is 168 Å². The topological polar surface area (TPSA) is 93.4 Å². The molecule has 1 aliphatic rings. The molecule has 29 heavy (non-hydrogen) atoms. The zero-order valence-corrected chi connectivity index (χ0v) is 16.1. The number of amides is 1. The summed E-state index contributed by atoms with van der Waals surface area (Å²) in [6, 6.07) is 11.7. The maximum Gasteiger partial charge on any atom is 0.232 e. The highest BCUT2D eigenvalue weighted by Crippen LogP contribution is 2.19. The summed E-state index contributed by atoms with van der Waals surface area (Å²) >= 11 is 0. The number of rotatable bonds is 7. The molecule has 8 nitrogen and oxygen atoms in total. The van der Waals surface area contributed by atoms with Gasteiger partial charge in [0.15, 0.2) is 5.82 Å². The van der Waals surface area contributed by atoms with Crippen LogP contribution in [0.1, 0.15) is 17.3 Å². The Balaban J connectivity index is 1.26. The van der Waals surface area contributed by atoms with Crippen molar-refractivity contribution in [3.63, 3.8) is 0 Å². The molecule has 2 aromatic heterocycles. The van der Waals surface area contributed by atoms with Gasteiger partial charge in [0.25, 0.3) is 0 Å². The number of ether oxygens (including phenoxy) is 1. The molecular weight excluding hydrogens is 370 g/mol. The summed E-state index contributed by atoms with van der Waals surface area (Å²) in [7, 11) is 0. The number of benzene rings is 1. The number of nitrogens with zero attached hydrogens (tertiary/aromatic N) is 4. The summed E-state index contributed by atoms with van der Waals surface area (Å²) in [6.07, 6.45) is 5.00. The van der Waals surface area contributed by atoms with Gasteiger partial charge >= 0.3 is 0 Å². The van der Waals surface area contributed by atoms with Crippen LogP contribution >= 0.6 is 0 Å². The van der Waals surface area contributed by atoms with E-state index in [0.29, 0.717) is 18.1 Å². The number of aromatic nitrogens is 3. The molecule has 0 atom stereocenters. The van der Waals surface area contributed by atoms with E-state index in [-0.39, 0.29) is 12.3 Å². The summed E-state index contributed by atoms with van der Waals surface area (Å²) < 4.78 is 10.6. The van der Waals surface area contributed by atoms with Gasteiger partial charge in [-0.15, -0.1) is 0 Å². The average Bonchev–Trinajstić information content (AvgIpc) is 3.21. The summed E-state index contributed by atoms with van der Waals surface area (Å²) in [4.78, 5) is 22.9. The van der Waals surface area contributed by atoms with Gasteiger partial charge in [0.1, 0.15) is 0 Å². The molecule has 0 unspecified atom stereocenters. The SMILES string of the molecule is O=C(Cc1noc(CCc2ccncc2)n1)Nc1ccc(N2CCOCC2)cc1. The van der Waals surface area contributed by atoms with Crippen LogP contribution in [-0.2, 0) is 28.8 Å². The van der Waals surface area contributed by atoms with Crippen LogP contribution < -0.4 is 10.2 Å². The van der Waals surface area contributed by atoms with Gasteiger partial charge < -0.3 is 19.5 Å². The van der Waals surface area contributed by atoms with Crippen LogP contribution in [0.5, 0.6) is 0 Å². The first kappa shape index (κ1) is 19.1. The van der Waals surface area contributed by atoms with E-state index in [0.717, 1.165) is 49.7 Å². The first-order chi connectivity index (χ1) is 14.3. The standard InChI is InChI=1S/C21H23N5O3/c27-20(23-17-2-4-18(5-3-17)26-11-13-28-14-12-26)15-19-24-21(29-25-19)6-1-16-7-9-22-10-8-16/h2-5,7-10H,1,6,11-15H2,(H,23,27). The van der Waals surface area contributed by atoms with Crippen LogP contribution in [0.3, 0.4) is 0 Å². The second kappa shape index (κ2) is 9.29. The number of hydrogen-bond acceptors (Lipinski definition) is 7. The molecule has 150 valence electrons. The zero-order chi connectivity index (χ0) is 19.9. The largest absolute Gasteiger partial charge is 0.378 e. The average molecular weight is 393 g/mol. The maximum absolute atomic E-state index is 12.3. The Bertz CT molecular complexity index is 921. The predicted molar refractivity (Wildman–Crippen MR) is 108 cm³/mol. The monoisotopic (exact) mass is 393 g/mol. The highest BCUT2D eigenvalue weighted by molar-refractivity contribution is 5.91. The smallest absolute Gasteiger partial charge is 0.232 e. The molecule has 8 heteroatoms. The van der Waals surface area contributed by atoms with Gasteiger partial charge in [0.05, 0.1) is 19.6 Å². The third-order valence-corrected chi connectivity index (χ3v) is 4.73. The lowest BCUT2D eigenvalue weighted by Gasteiger charge is -2.28. The normalized spacial score (nSPS) is 14.0. The van der Waals surface area contributed by atoms with E-state index in [1.165, 1.54) is 0 Å². The van der Waals surface area contributed by atoms with Crippen molar-refractivity contribution in [1.29, 1.82) is 0 Å². The number of carbonyl (C=O) groups excluding carboxylic acids is 1. The molecule has 1 aliphatic heterocycles. The minimum Gasteiger partial charge on any atom is -0.378 e. The van der Waals surface area contributed by atoms with Crippen LogP contribution in [0.15, 0.2) is 53.3 Å². The van der Waals surface area contributed by atoms with Crippen molar-refractivity contribution in [2.45, 2.75) is 19.3 Å². The van der Waals surface area contributed by atoms with Crippen molar-refractivity contribution in [3.05, 3.63) is 66.1 Å². The molecule has 3 aromatic rings. The molecule has 1 amide bonds. The van der Waals surface area contributed by atoms with Crippen molar-refractivity contribution in [1.82, 2.24) is 15.1 Å². The summed E-state index contributed by atoms with van der Waals surface area (Å²) in [5, 5.41) is 6.78. The van der Waals surface area contributed by atoms with E-state index in [4.69, 9.17) is 9.26 Å². The molecule has 0 radical (unpaired) electrons. The predicted octanol–water partition coefficient (Wildman–Crippen LogP) is 2.27. The number of pyridine rings is 1.